The van der Waals surface area contributed by atoms with Crippen LogP contribution in [0.15, 0.2) is 42.5 Å². The van der Waals surface area contributed by atoms with Crippen molar-refractivity contribution >= 4 is 34.8 Å². The minimum Gasteiger partial charge on any atom is -0.454 e. The third kappa shape index (κ3) is 3.85. The summed E-state index contributed by atoms with van der Waals surface area (Å²) < 4.78 is 19.2. The molecule has 0 atom stereocenters. The van der Waals surface area contributed by atoms with Gasteiger partial charge in [-0.3, -0.25) is 4.79 Å². The molecule has 20 heavy (non-hydrogen) atoms. The number of carbonyl (C=O) groups is 1. The number of halogens is 3. The average molecular weight is 314 g/mol. The van der Waals surface area contributed by atoms with E-state index in [2.05, 4.69) is 5.32 Å². The van der Waals surface area contributed by atoms with Crippen molar-refractivity contribution in [2.75, 3.05) is 11.2 Å². The first kappa shape index (κ1) is 14.6. The Kier molecular flexibility index (Phi) is 4.82. The lowest BCUT2D eigenvalue weighted by molar-refractivity contribution is -0.113. The number of carbonyl (C=O) groups excluding carboxylic acids is 1. The fraction of sp³-hybridized carbons (Fsp3) is 0.0714. The first-order valence-electron chi connectivity index (χ1n) is 5.67. The second kappa shape index (κ2) is 6.59. The Morgan fingerprint density at radius 3 is 2.50 bits per heavy atom. The summed E-state index contributed by atoms with van der Waals surface area (Å²) in [6.07, 6.45) is 0. The molecule has 0 fully saturated rings. The molecule has 3 nitrogen and oxygen atoms in total. The summed E-state index contributed by atoms with van der Waals surface area (Å²) in [5.41, 5.74) is 0.316. The van der Waals surface area contributed by atoms with Crippen LogP contribution in [0.3, 0.4) is 0 Å². The van der Waals surface area contributed by atoms with Crippen LogP contribution < -0.4 is 10.1 Å². The fourth-order valence-electron chi connectivity index (χ4n) is 1.49. The molecule has 0 saturated heterocycles. The van der Waals surface area contributed by atoms with Crippen LogP contribution in [0.25, 0.3) is 0 Å². The third-order valence-corrected chi connectivity index (χ3v) is 2.87. The van der Waals surface area contributed by atoms with Crippen LogP contribution in [0.1, 0.15) is 0 Å². The van der Waals surface area contributed by atoms with Gasteiger partial charge in [0, 0.05) is 16.8 Å². The molecule has 2 aromatic rings. The number of hydrogen-bond donors (Lipinski definition) is 1. The smallest absolute Gasteiger partial charge is 0.239 e. The summed E-state index contributed by atoms with van der Waals surface area (Å²) in [6, 6.07) is 10.7. The number of anilines is 1. The minimum absolute atomic E-state index is 0.0520. The molecule has 104 valence electrons. The van der Waals surface area contributed by atoms with Crippen molar-refractivity contribution in [2.24, 2.45) is 0 Å². The monoisotopic (exact) mass is 313 g/mol. The van der Waals surface area contributed by atoms with Crippen LogP contribution in [0.4, 0.5) is 10.1 Å². The van der Waals surface area contributed by atoms with E-state index in [4.69, 9.17) is 27.9 Å². The Labute approximate surface area is 125 Å². The number of hydrogen-bond acceptors (Lipinski definition) is 2. The van der Waals surface area contributed by atoms with E-state index in [0.29, 0.717) is 16.5 Å². The molecule has 0 aliphatic carbocycles. The molecular formula is C14H10Cl2FNO2. The molecular weight excluding hydrogens is 304 g/mol. The molecule has 0 saturated carbocycles. The number of alkyl halides is 1. The van der Waals surface area contributed by atoms with Gasteiger partial charge < -0.3 is 10.1 Å². The highest BCUT2D eigenvalue weighted by molar-refractivity contribution is 6.30. The zero-order valence-electron chi connectivity index (χ0n) is 10.2. The van der Waals surface area contributed by atoms with Gasteiger partial charge in [0.15, 0.2) is 11.6 Å². The molecule has 0 radical (unpaired) electrons. The molecule has 0 bridgehead atoms. The molecule has 0 heterocycles. The molecule has 1 N–H and O–H groups in total. The second-order valence-electron chi connectivity index (χ2n) is 3.88. The third-order valence-electron chi connectivity index (χ3n) is 2.38. The molecule has 2 aromatic carbocycles. The number of amides is 1. The van der Waals surface area contributed by atoms with Gasteiger partial charge in [0.1, 0.15) is 11.6 Å². The molecule has 0 aromatic heterocycles. The summed E-state index contributed by atoms with van der Waals surface area (Å²) in [5.74, 6) is -0.670. The highest BCUT2D eigenvalue weighted by Crippen LogP contribution is 2.27. The Balaban J connectivity index is 2.13. The molecule has 0 aliphatic rings. The van der Waals surface area contributed by atoms with Crippen LogP contribution in [-0.2, 0) is 4.79 Å². The van der Waals surface area contributed by atoms with Crippen molar-refractivity contribution in [1.82, 2.24) is 0 Å². The van der Waals surface area contributed by atoms with E-state index in [0.717, 1.165) is 6.07 Å². The first-order valence-corrected chi connectivity index (χ1v) is 6.58. The second-order valence-corrected chi connectivity index (χ2v) is 4.59. The zero-order valence-corrected chi connectivity index (χ0v) is 11.7. The number of nitrogens with one attached hydrogen (secondary N) is 1. The SMILES string of the molecule is O=C(CCl)Nc1ccc(Oc2ccc(Cl)cc2)c(F)c1. The van der Waals surface area contributed by atoms with E-state index in [1.807, 2.05) is 0 Å². The van der Waals surface area contributed by atoms with Crippen molar-refractivity contribution in [3.8, 4) is 11.5 Å². The predicted molar refractivity (Wildman–Crippen MR) is 77.3 cm³/mol. The van der Waals surface area contributed by atoms with Crippen LogP contribution in [0, 0.1) is 5.82 Å². The molecule has 1 amide bonds. The van der Waals surface area contributed by atoms with Crippen molar-refractivity contribution in [1.29, 1.82) is 0 Å². The first-order chi connectivity index (χ1) is 9.58. The van der Waals surface area contributed by atoms with E-state index in [1.54, 1.807) is 24.3 Å². The normalized spacial score (nSPS) is 10.2. The molecule has 0 unspecified atom stereocenters. The maximum atomic E-state index is 13.8. The number of ether oxygens (including phenoxy) is 1. The van der Waals surface area contributed by atoms with Crippen LogP contribution in [0.2, 0.25) is 5.02 Å². The Hall–Kier alpha value is -1.78. The van der Waals surface area contributed by atoms with Gasteiger partial charge in [-0.2, -0.15) is 0 Å². The van der Waals surface area contributed by atoms with E-state index in [-0.39, 0.29) is 11.6 Å². The lowest BCUT2D eigenvalue weighted by Crippen LogP contribution is -2.12. The molecule has 0 aliphatic heterocycles. The van der Waals surface area contributed by atoms with Gasteiger partial charge in [-0.1, -0.05) is 11.6 Å². The number of benzene rings is 2. The number of rotatable bonds is 4. The van der Waals surface area contributed by atoms with E-state index < -0.39 is 11.7 Å². The van der Waals surface area contributed by atoms with Gasteiger partial charge in [-0.25, -0.2) is 4.39 Å². The zero-order chi connectivity index (χ0) is 14.5. The highest BCUT2D eigenvalue weighted by atomic mass is 35.5. The van der Waals surface area contributed by atoms with Crippen molar-refractivity contribution < 1.29 is 13.9 Å². The Morgan fingerprint density at radius 2 is 1.90 bits per heavy atom. The van der Waals surface area contributed by atoms with Crippen molar-refractivity contribution in [2.45, 2.75) is 0 Å². The Morgan fingerprint density at radius 1 is 1.20 bits per heavy atom. The van der Waals surface area contributed by atoms with Crippen LogP contribution >= 0.6 is 23.2 Å². The summed E-state index contributed by atoms with van der Waals surface area (Å²) >= 11 is 11.1. The minimum atomic E-state index is -0.590. The lowest BCUT2D eigenvalue weighted by Gasteiger charge is -2.09. The van der Waals surface area contributed by atoms with E-state index in [1.165, 1.54) is 12.1 Å². The van der Waals surface area contributed by atoms with Crippen LogP contribution in [0.5, 0.6) is 11.5 Å². The van der Waals surface area contributed by atoms with Gasteiger partial charge in [0.2, 0.25) is 5.91 Å². The van der Waals surface area contributed by atoms with E-state index >= 15 is 0 Å². The summed E-state index contributed by atoms with van der Waals surface area (Å²) in [4.78, 5) is 11.1. The van der Waals surface area contributed by atoms with Gasteiger partial charge >= 0.3 is 0 Å². The highest BCUT2D eigenvalue weighted by Gasteiger charge is 2.08. The molecule has 2 rings (SSSR count). The standard InChI is InChI=1S/C14H10Cl2FNO2/c15-8-14(19)18-10-3-6-13(12(17)7-10)20-11-4-1-9(16)2-5-11/h1-7H,8H2,(H,18,19). The summed E-state index contributed by atoms with van der Waals surface area (Å²) in [5, 5.41) is 3.01. The average Bonchev–Trinajstić information content (AvgIpc) is 2.44. The Bertz CT molecular complexity index is 617. The van der Waals surface area contributed by atoms with Crippen molar-refractivity contribution in [3.05, 3.63) is 53.3 Å². The molecule has 0 spiro atoms. The van der Waals surface area contributed by atoms with Gasteiger partial charge in [-0.15, -0.1) is 11.6 Å². The maximum absolute atomic E-state index is 13.8. The maximum Gasteiger partial charge on any atom is 0.239 e. The van der Waals surface area contributed by atoms with Crippen LogP contribution in [-0.4, -0.2) is 11.8 Å². The lowest BCUT2D eigenvalue weighted by atomic mass is 10.3. The quantitative estimate of drug-likeness (QED) is 0.847. The topological polar surface area (TPSA) is 38.3 Å². The fourth-order valence-corrected chi connectivity index (χ4v) is 1.68. The largest absolute Gasteiger partial charge is 0.454 e. The summed E-state index contributed by atoms with van der Waals surface area (Å²) in [6.45, 7) is 0. The van der Waals surface area contributed by atoms with Gasteiger partial charge in [-0.05, 0) is 36.4 Å². The molecule has 6 heteroatoms. The van der Waals surface area contributed by atoms with Gasteiger partial charge in [0.05, 0.1) is 0 Å². The van der Waals surface area contributed by atoms with Gasteiger partial charge in [0.25, 0.3) is 0 Å². The van der Waals surface area contributed by atoms with E-state index in [9.17, 15) is 9.18 Å². The predicted octanol–water partition coefficient (Wildman–Crippen LogP) is 4.45. The summed E-state index contributed by atoms with van der Waals surface area (Å²) in [7, 11) is 0. The van der Waals surface area contributed by atoms with Crippen molar-refractivity contribution in [3.63, 3.8) is 0 Å².